The molecule has 1 aliphatic carbocycles. The number of carbonyl (C=O) groups excluding carboxylic acids is 2. The molecule has 7 nitrogen and oxygen atoms in total. The van der Waals surface area contributed by atoms with Crippen LogP contribution in [0.5, 0.6) is 0 Å². The number of rotatable bonds is 9. The number of ether oxygens (including phenoxy) is 1. The van der Waals surface area contributed by atoms with Gasteiger partial charge in [-0.2, -0.15) is 0 Å². The second-order valence-corrected chi connectivity index (χ2v) is 10.1. The van der Waals surface area contributed by atoms with E-state index in [1.54, 1.807) is 6.92 Å². The summed E-state index contributed by atoms with van der Waals surface area (Å²) in [5.74, 6) is -1.48. The van der Waals surface area contributed by atoms with Gasteiger partial charge in [0, 0.05) is 12.0 Å². The summed E-state index contributed by atoms with van der Waals surface area (Å²) in [7, 11) is 0. The first-order valence-corrected chi connectivity index (χ1v) is 11.7. The smallest absolute Gasteiger partial charge is 0.407 e. The lowest BCUT2D eigenvalue weighted by Crippen LogP contribution is -2.50. The number of carbonyl (C=O) groups is 3. The number of carboxylic acid groups (broad SMARTS) is 1. The molecule has 0 spiro atoms. The maximum atomic E-state index is 12.8. The van der Waals surface area contributed by atoms with E-state index in [1.165, 1.54) is 0 Å². The van der Waals surface area contributed by atoms with Crippen LogP contribution in [-0.4, -0.2) is 41.8 Å². The van der Waals surface area contributed by atoms with Crippen LogP contribution in [0, 0.1) is 5.41 Å². The summed E-state index contributed by atoms with van der Waals surface area (Å²) in [4.78, 5) is 36.5. The molecular weight excluding hydrogens is 432 g/mol. The van der Waals surface area contributed by atoms with Crippen LogP contribution in [0.3, 0.4) is 0 Å². The Labute approximate surface area is 200 Å². The molecule has 0 aliphatic heterocycles. The number of alkyl carbamates (subject to hydrolysis) is 1. The van der Waals surface area contributed by atoms with Gasteiger partial charge in [-0.25, -0.2) is 4.79 Å². The van der Waals surface area contributed by atoms with Crippen molar-refractivity contribution in [3.63, 3.8) is 0 Å². The number of hydrogen-bond donors (Lipinski definition) is 3. The predicted octanol–water partition coefficient (Wildman–Crippen LogP) is 4.70. The lowest BCUT2D eigenvalue weighted by atomic mass is 9.88. The molecule has 7 heteroatoms. The van der Waals surface area contributed by atoms with Gasteiger partial charge in [0.05, 0.1) is 6.42 Å². The molecule has 2 aromatic rings. The molecule has 2 amide bonds. The molecule has 1 unspecified atom stereocenters. The summed E-state index contributed by atoms with van der Waals surface area (Å²) in [6.45, 7) is 7.95. The van der Waals surface area contributed by atoms with E-state index in [1.807, 2.05) is 36.4 Å². The van der Waals surface area contributed by atoms with Crippen LogP contribution in [0.4, 0.5) is 4.79 Å². The largest absolute Gasteiger partial charge is 0.481 e. The fourth-order valence-electron chi connectivity index (χ4n) is 4.28. The van der Waals surface area contributed by atoms with Crippen LogP contribution in [0.25, 0.3) is 11.1 Å². The third-order valence-electron chi connectivity index (χ3n) is 6.00. The van der Waals surface area contributed by atoms with Gasteiger partial charge in [0.2, 0.25) is 5.91 Å². The predicted molar refractivity (Wildman–Crippen MR) is 131 cm³/mol. The van der Waals surface area contributed by atoms with Gasteiger partial charge >= 0.3 is 12.1 Å². The summed E-state index contributed by atoms with van der Waals surface area (Å²) in [6, 6.07) is 14.8. The number of hydrogen-bond acceptors (Lipinski definition) is 4. The zero-order chi connectivity index (χ0) is 24.9. The molecule has 2 aromatic carbocycles. The Balaban J connectivity index is 1.66. The number of nitrogens with one attached hydrogen (secondary N) is 2. The zero-order valence-electron chi connectivity index (χ0n) is 20.3. The van der Waals surface area contributed by atoms with Crippen molar-refractivity contribution in [2.45, 2.75) is 65.0 Å². The second kappa shape index (κ2) is 10.7. The zero-order valence-corrected chi connectivity index (χ0v) is 20.3. The monoisotopic (exact) mass is 466 g/mol. The van der Waals surface area contributed by atoms with Gasteiger partial charge in [-0.3, -0.25) is 9.59 Å². The van der Waals surface area contributed by atoms with E-state index in [0.29, 0.717) is 12.8 Å². The summed E-state index contributed by atoms with van der Waals surface area (Å²) < 4.78 is 5.60. The highest BCUT2D eigenvalue weighted by Crippen LogP contribution is 2.44. The summed E-state index contributed by atoms with van der Waals surface area (Å²) in [5, 5.41) is 14.3. The molecule has 34 heavy (non-hydrogen) atoms. The third-order valence-corrected chi connectivity index (χ3v) is 6.00. The minimum Gasteiger partial charge on any atom is -0.481 e. The minimum atomic E-state index is -0.997. The van der Waals surface area contributed by atoms with Crippen molar-refractivity contribution < 1.29 is 24.2 Å². The topological polar surface area (TPSA) is 105 Å². The summed E-state index contributed by atoms with van der Waals surface area (Å²) in [5.41, 5.74) is 4.47. The molecular formula is C27H34N2O5. The maximum absolute atomic E-state index is 12.8. The van der Waals surface area contributed by atoms with Crippen molar-refractivity contribution in [3.05, 3.63) is 59.7 Å². The van der Waals surface area contributed by atoms with E-state index in [9.17, 15) is 14.4 Å². The SMILES string of the molecule is C[C@@H](CC(=O)O)NC(=O)C(CCC(C)(C)C)NC(=O)OCC1c2ccccc2-c2ccccc21. The molecule has 0 aromatic heterocycles. The molecule has 0 saturated carbocycles. The first kappa shape index (κ1) is 25.3. The van der Waals surface area contributed by atoms with Crippen molar-refractivity contribution in [1.82, 2.24) is 10.6 Å². The van der Waals surface area contributed by atoms with Crippen molar-refractivity contribution >= 4 is 18.0 Å². The fourth-order valence-corrected chi connectivity index (χ4v) is 4.28. The molecule has 1 aliphatic rings. The first-order chi connectivity index (χ1) is 16.0. The number of aliphatic carboxylic acids is 1. The molecule has 3 N–H and O–H groups in total. The van der Waals surface area contributed by atoms with Crippen LogP contribution in [-0.2, 0) is 14.3 Å². The minimum absolute atomic E-state index is 0.0337. The van der Waals surface area contributed by atoms with E-state index in [2.05, 4.69) is 43.5 Å². The second-order valence-electron chi connectivity index (χ2n) is 10.1. The average molecular weight is 467 g/mol. The van der Waals surface area contributed by atoms with Gasteiger partial charge in [-0.15, -0.1) is 0 Å². The van der Waals surface area contributed by atoms with Gasteiger partial charge < -0.3 is 20.5 Å². The van der Waals surface area contributed by atoms with Crippen LogP contribution in [0.2, 0.25) is 0 Å². The van der Waals surface area contributed by atoms with Crippen molar-refractivity contribution in [3.8, 4) is 11.1 Å². The summed E-state index contributed by atoms with van der Waals surface area (Å²) >= 11 is 0. The molecule has 0 saturated heterocycles. The number of fused-ring (bicyclic) bond motifs is 3. The highest BCUT2D eigenvalue weighted by Gasteiger charge is 2.30. The Morgan fingerprint density at radius 1 is 0.971 bits per heavy atom. The van der Waals surface area contributed by atoms with Crippen LogP contribution >= 0.6 is 0 Å². The molecule has 0 radical (unpaired) electrons. The molecule has 0 bridgehead atoms. The Hall–Kier alpha value is -3.35. The molecule has 0 fully saturated rings. The fraction of sp³-hybridized carbons (Fsp3) is 0.444. The average Bonchev–Trinajstić information content (AvgIpc) is 3.07. The van der Waals surface area contributed by atoms with Gasteiger partial charge in [-0.1, -0.05) is 69.3 Å². The quantitative estimate of drug-likeness (QED) is 0.497. The number of amides is 2. The van der Waals surface area contributed by atoms with Crippen molar-refractivity contribution in [2.24, 2.45) is 5.41 Å². The van der Waals surface area contributed by atoms with Gasteiger partial charge in [0.15, 0.2) is 0 Å². The van der Waals surface area contributed by atoms with E-state index < -0.39 is 30.1 Å². The molecule has 182 valence electrons. The van der Waals surface area contributed by atoms with Gasteiger partial charge in [0.25, 0.3) is 0 Å². The van der Waals surface area contributed by atoms with E-state index in [4.69, 9.17) is 9.84 Å². The normalized spacial score (nSPS) is 14.5. The van der Waals surface area contributed by atoms with Gasteiger partial charge in [0.1, 0.15) is 12.6 Å². The first-order valence-electron chi connectivity index (χ1n) is 11.7. The van der Waals surface area contributed by atoms with Crippen molar-refractivity contribution in [2.75, 3.05) is 6.61 Å². The summed E-state index contributed by atoms with van der Waals surface area (Å²) in [6.07, 6.45) is 0.256. The van der Waals surface area contributed by atoms with Gasteiger partial charge in [-0.05, 0) is 47.4 Å². The highest BCUT2D eigenvalue weighted by atomic mass is 16.5. The Bertz CT molecular complexity index is 998. The van der Waals surface area contributed by atoms with Crippen LogP contribution in [0.15, 0.2) is 48.5 Å². The molecule has 0 heterocycles. The molecule has 3 rings (SSSR count). The van der Waals surface area contributed by atoms with Crippen LogP contribution in [0.1, 0.15) is 64.0 Å². The van der Waals surface area contributed by atoms with E-state index >= 15 is 0 Å². The van der Waals surface area contributed by atoms with Crippen LogP contribution < -0.4 is 10.6 Å². The van der Waals surface area contributed by atoms with Crippen molar-refractivity contribution in [1.29, 1.82) is 0 Å². The Morgan fingerprint density at radius 3 is 2.06 bits per heavy atom. The molecule has 2 atom stereocenters. The lowest BCUT2D eigenvalue weighted by Gasteiger charge is -2.25. The Kier molecular flexibility index (Phi) is 7.97. The number of carboxylic acids is 1. The standard InChI is InChI=1S/C27H34N2O5/c1-17(15-24(30)31)28-25(32)23(13-14-27(2,3)4)29-26(33)34-16-22-20-11-7-5-9-18(20)19-10-6-8-12-21(19)22/h5-12,17,22-23H,13-16H2,1-4H3,(H,28,32)(H,29,33)(H,30,31)/t17-,23?/m0/s1. The number of benzene rings is 2. The highest BCUT2D eigenvalue weighted by molar-refractivity contribution is 5.86. The third kappa shape index (κ3) is 6.59. The van der Waals surface area contributed by atoms with E-state index in [-0.39, 0.29) is 24.4 Å². The maximum Gasteiger partial charge on any atom is 0.407 e. The Morgan fingerprint density at radius 2 is 1.53 bits per heavy atom. The van der Waals surface area contributed by atoms with E-state index in [0.717, 1.165) is 22.3 Å². The lowest BCUT2D eigenvalue weighted by molar-refractivity contribution is -0.137.